The van der Waals surface area contributed by atoms with Crippen molar-refractivity contribution in [2.24, 2.45) is 5.92 Å². The Morgan fingerprint density at radius 2 is 2.12 bits per heavy atom. The molecule has 0 N–H and O–H groups in total. The molecule has 1 aliphatic rings. The molecule has 1 atom stereocenters. The van der Waals surface area contributed by atoms with Gasteiger partial charge in [-0.2, -0.15) is 0 Å². The van der Waals surface area contributed by atoms with Crippen molar-refractivity contribution in [2.45, 2.75) is 32.7 Å². The summed E-state index contributed by atoms with van der Waals surface area (Å²) in [5.41, 5.74) is 2.31. The van der Waals surface area contributed by atoms with Crippen molar-refractivity contribution in [1.29, 1.82) is 0 Å². The van der Waals surface area contributed by atoms with Crippen LogP contribution in [0, 0.1) is 12.8 Å². The molecule has 134 valence electrons. The zero-order valence-corrected chi connectivity index (χ0v) is 15.1. The summed E-state index contributed by atoms with van der Waals surface area (Å²) in [6, 6.07) is 10.3. The molecule has 1 aromatic heterocycles. The number of rotatable bonds is 6. The fraction of sp³-hybridized carbons (Fsp3) is 0.500. The second-order valence-corrected chi connectivity index (χ2v) is 6.79. The van der Waals surface area contributed by atoms with Crippen molar-refractivity contribution < 1.29 is 9.53 Å². The van der Waals surface area contributed by atoms with E-state index in [0.29, 0.717) is 18.9 Å². The van der Waals surface area contributed by atoms with Gasteiger partial charge < -0.3 is 14.2 Å². The fourth-order valence-corrected chi connectivity index (χ4v) is 3.56. The molecule has 1 aliphatic heterocycles. The number of methoxy groups -OCH3 is 1. The van der Waals surface area contributed by atoms with Crippen LogP contribution in [0.4, 0.5) is 0 Å². The van der Waals surface area contributed by atoms with E-state index in [1.54, 1.807) is 7.11 Å². The van der Waals surface area contributed by atoms with Crippen LogP contribution in [0.3, 0.4) is 0 Å². The van der Waals surface area contributed by atoms with Crippen molar-refractivity contribution in [3.8, 4) is 11.4 Å². The highest BCUT2D eigenvalue weighted by Gasteiger charge is 2.24. The Morgan fingerprint density at radius 3 is 2.88 bits per heavy atom. The molecule has 1 fully saturated rings. The number of carbonyl (C=O) groups is 1. The lowest BCUT2D eigenvalue weighted by Gasteiger charge is -2.33. The van der Waals surface area contributed by atoms with E-state index in [1.165, 1.54) is 5.69 Å². The van der Waals surface area contributed by atoms with Gasteiger partial charge in [0.25, 0.3) is 0 Å². The number of amides is 1. The topological polar surface area (TPSA) is 47.4 Å². The van der Waals surface area contributed by atoms with Gasteiger partial charge in [0.2, 0.25) is 5.91 Å². The summed E-state index contributed by atoms with van der Waals surface area (Å²) >= 11 is 0. The Bertz CT molecular complexity index is 696. The van der Waals surface area contributed by atoms with E-state index in [-0.39, 0.29) is 5.91 Å². The molecule has 25 heavy (non-hydrogen) atoms. The molecule has 5 heteroatoms. The molecular weight excluding hydrogens is 314 g/mol. The van der Waals surface area contributed by atoms with Crippen LogP contribution in [0.2, 0.25) is 0 Å². The minimum atomic E-state index is 0.206. The number of imidazole rings is 1. The van der Waals surface area contributed by atoms with Crippen LogP contribution in [0.1, 0.15) is 25.0 Å². The average molecular weight is 341 g/mol. The van der Waals surface area contributed by atoms with Crippen LogP contribution < -0.4 is 0 Å². The number of piperidine rings is 1. The normalized spacial score (nSPS) is 17.7. The Labute approximate surface area is 149 Å². The van der Waals surface area contributed by atoms with Gasteiger partial charge in [-0.05, 0) is 25.7 Å². The standard InChI is InChI=1S/C20H27N3O2/c1-16-13-21-20(18-8-4-3-5-9-18)23(16)15-17-7-6-11-22(14-17)19(24)10-12-25-2/h3-5,8-9,13,17H,6-7,10-12,14-15H2,1-2H3. The summed E-state index contributed by atoms with van der Waals surface area (Å²) in [4.78, 5) is 18.9. The number of carbonyl (C=O) groups excluding carboxylic acids is 1. The number of ether oxygens (including phenoxy) is 1. The maximum atomic E-state index is 12.3. The third kappa shape index (κ3) is 4.28. The molecule has 5 nitrogen and oxygen atoms in total. The minimum absolute atomic E-state index is 0.206. The number of likely N-dealkylation sites (tertiary alicyclic amines) is 1. The molecule has 1 saturated heterocycles. The third-order valence-corrected chi connectivity index (χ3v) is 4.92. The molecular formula is C20H27N3O2. The lowest BCUT2D eigenvalue weighted by Crippen LogP contribution is -2.41. The molecule has 0 aliphatic carbocycles. The van der Waals surface area contributed by atoms with Crippen LogP contribution in [0.15, 0.2) is 36.5 Å². The molecule has 0 radical (unpaired) electrons. The van der Waals surface area contributed by atoms with Crippen molar-refractivity contribution in [3.63, 3.8) is 0 Å². The smallest absolute Gasteiger partial charge is 0.224 e. The predicted octanol–water partition coefficient (Wildman–Crippen LogP) is 3.13. The molecule has 0 bridgehead atoms. The summed E-state index contributed by atoms with van der Waals surface area (Å²) in [5, 5.41) is 0. The third-order valence-electron chi connectivity index (χ3n) is 4.92. The van der Waals surface area contributed by atoms with Gasteiger partial charge in [0.15, 0.2) is 0 Å². The second kappa shape index (κ2) is 8.30. The minimum Gasteiger partial charge on any atom is -0.384 e. The highest BCUT2D eigenvalue weighted by Crippen LogP contribution is 2.24. The van der Waals surface area contributed by atoms with Gasteiger partial charge in [-0.3, -0.25) is 4.79 Å². The highest BCUT2D eigenvalue weighted by atomic mass is 16.5. The number of aromatic nitrogens is 2. The van der Waals surface area contributed by atoms with E-state index in [1.807, 2.05) is 29.3 Å². The molecule has 1 unspecified atom stereocenters. The largest absolute Gasteiger partial charge is 0.384 e. The number of hydrogen-bond acceptors (Lipinski definition) is 3. The van der Waals surface area contributed by atoms with Gasteiger partial charge in [0, 0.05) is 44.2 Å². The van der Waals surface area contributed by atoms with Crippen LogP contribution in [0.5, 0.6) is 0 Å². The lowest BCUT2D eigenvalue weighted by atomic mass is 9.97. The molecule has 1 amide bonds. The fourth-order valence-electron chi connectivity index (χ4n) is 3.56. The van der Waals surface area contributed by atoms with E-state index in [9.17, 15) is 4.79 Å². The van der Waals surface area contributed by atoms with Crippen LogP contribution >= 0.6 is 0 Å². The number of nitrogens with zero attached hydrogens (tertiary/aromatic N) is 3. The van der Waals surface area contributed by atoms with E-state index in [2.05, 4.69) is 28.6 Å². The number of aryl methyl sites for hydroxylation is 1. The van der Waals surface area contributed by atoms with Gasteiger partial charge in [-0.15, -0.1) is 0 Å². The van der Waals surface area contributed by atoms with Gasteiger partial charge in [0.05, 0.1) is 13.0 Å². The van der Waals surface area contributed by atoms with Gasteiger partial charge in [0.1, 0.15) is 5.82 Å². The van der Waals surface area contributed by atoms with E-state index in [0.717, 1.165) is 43.9 Å². The molecule has 0 spiro atoms. The summed E-state index contributed by atoms with van der Waals surface area (Å²) < 4.78 is 7.33. The second-order valence-electron chi connectivity index (χ2n) is 6.79. The van der Waals surface area contributed by atoms with Crippen molar-refractivity contribution in [1.82, 2.24) is 14.5 Å². The average Bonchev–Trinajstić information content (AvgIpc) is 3.01. The van der Waals surface area contributed by atoms with Gasteiger partial charge in [-0.25, -0.2) is 4.98 Å². The summed E-state index contributed by atoms with van der Waals surface area (Å²) in [7, 11) is 1.64. The first-order valence-corrected chi connectivity index (χ1v) is 9.03. The van der Waals surface area contributed by atoms with Gasteiger partial charge >= 0.3 is 0 Å². The maximum Gasteiger partial charge on any atom is 0.224 e. The van der Waals surface area contributed by atoms with Crippen LogP contribution in [-0.2, 0) is 16.1 Å². The predicted molar refractivity (Wildman–Crippen MR) is 98.2 cm³/mol. The summed E-state index contributed by atoms with van der Waals surface area (Å²) in [6.45, 7) is 5.20. The Balaban J connectivity index is 1.70. The van der Waals surface area contributed by atoms with Crippen molar-refractivity contribution >= 4 is 5.91 Å². The Hall–Kier alpha value is -2.14. The molecule has 1 aromatic carbocycles. The number of benzene rings is 1. The highest BCUT2D eigenvalue weighted by molar-refractivity contribution is 5.76. The van der Waals surface area contributed by atoms with Gasteiger partial charge in [-0.1, -0.05) is 30.3 Å². The first-order valence-electron chi connectivity index (χ1n) is 9.03. The summed E-state index contributed by atoms with van der Waals surface area (Å²) in [5.74, 6) is 1.69. The zero-order valence-electron chi connectivity index (χ0n) is 15.1. The molecule has 3 rings (SSSR count). The lowest BCUT2D eigenvalue weighted by molar-refractivity contribution is -0.134. The maximum absolute atomic E-state index is 12.3. The quantitative estimate of drug-likeness (QED) is 0.811. The molecule has 2 aromatic rings. The van der Waals surface area contributed by atoms with E-state index >= 15 is 0 Å². The summed E-state index contributed by atoms with van der Waals surface area (Å²) in [6.07, 6.45) is 4.63. The Morgan fingerprint density at radius 1 is 1.32 bits per heavy atom. The Kier molecular flexibility index (Phi) is 5.87. The first kappa shape index (κ1) is 17.7. The van der Waals surface area contributed by atoms with E-state index in [4.69, 9.17) is 4.74 Å². The van der Waals surface area contributed by atoms with Crippen LogP contribution in [0.25, 0.3) is 11.4 Å². The monoisotopic (exact) mass is 341 g/mol. The van der Waals surface area contributed by atoms with Crippen molar-refractivity contribution in [2.75, 3.05) is 26.8 Å². The van der Waals surface area contributed by atoms with Crippen molar-refractivity contribution in [3.05, 3.63) is 42.2 Å². The van der Waals surface area contributed by atoms with Crippen LogP contribution in [-0.4, -0.2) is 47.2 Å². The molecule has 2 heterocycles. The number of hydrogen-bond donors (Lipinski definition) is 0. The van der Waals surface area contributed by atoms with E-state index < -0.39 is 0 Å². The molecule has 0 saturated carbocycles. The first-order chi connectivity index (χ1) is 12.2. The zero-order chi connectivity index (χ0) is 17.6. The SMILES string of the molecule is COCCC(=O)N1CCCC(Cn2c(C)cnc2-c2ccccc2)C1.